The molecule has 1 N–H and O–H groups in total. The standard InChI is InChI=1S/C19H23N3O4.ClH/c1-25-18-8-7-15(22(23)24)11-14(18)13-21-10-9-20-12-17(21)16-5-3-4-6-19(16)26-2;/h3-8,11,17,20H,9-10,12-13H2,1-2H3;1H. The van der Waals surface area contributed by atoms with Gasteiger partial charge in [0.05, 0.1) is 25.2 Å². The van der Waals surface area contributed by atoms with Gasteiger partial charge in [0.15, 0.2) is 0 Å². The van der Waals surface area contributed by atoms with E-state index < -0.39 is 0 Å². The van der Waals surface area contributed by atoms with Crippen LogP contribution in [0.3, 0.4) is 0 Å². The highest BCUT2D eigenvalue weighted by Gasteiger charge is 2.27. The quantitative estimate of drug-likeness (QED) is 0.600. The van der Waals surface area contributed by atoms with Crippen LogP contribution in [-0.4, -0.2) is 43.7 Å². The first-order valence-corrected chi connectivity index (χ1v) is 8.53. The monoisotopic (exact) mass is 393 g/mol. The molecule has 0 saturated carbocycles. The number of nitro benzene ring substituents is 1. The Kier molecular flexibility index (Phi) is 7.41. The van der Waals surface area contributed by atoms with E-state index in [1.165, 1.54) is 6.07 Å². The van der Waals surface area contributed by atoms with E-state index in [2.05, 4.69) is 16.3 Å². The van der Waals surface area contributed by atoms with Crippen LogP contribution >= 0.6 is 12.4 Å². The van der Waals surface area contributed by atoms with E-state index in [1.54, 1.807) is 26.4 Å². The Labute approximate surface area is 164 Å². The summed E-state index contributed by atoms with van der Waals surface area (Å²) in [6.45, 7) is 3.05. The minimum Gasteiger partial charge on any atom is -0.496 e. The molecule has 8 heteroatoms. The molecule has 1 saturated heterocycles. The topological polar surface area (TPSA) is 76.9 Å². The third-order valence-corrected chi connectivity index (χ3v) is 4.70. The van der Waals surface area contributed by atoms with Gasteiger partial charge in [0.25, 0.3) is 5.69 Å². The van der Waals surface area contributed by atoms with E-state index >= 15 is 0 Å². The van der Waals surface area contributed by atoms with Crippen molar-refractivity contribution >= 4 is 18.1 Å². The predicted octanol–water partition coefficient (Wildman–Crippen LogP) is 3.18. The van der Waals surface area contributed by atoms with Gasteiger partial charge in [0.2, 0.25) is 0 Å². The molecule has 1 fully saturated rings. The Morgan fingerprint density at radius 3 is 2.63 bits per heavy atom. The number of methoxy groups -OCH3 is 2. The van der Waals surface area contributed by atoms with Crippen molar-refractivity contribution in [3.63, 3.8) is 0 Å². The molecule has 0 amide bonds. The minimum absolute atomic E-state index is 0. The van der Waals surface area contributed by atoms with Gasteiger partial charge in [-0.2, -0.15) is 0 Å². The van der Waals surface area contributed by atoms with Gasteiger partial charge in [-0.25, -0.2) is 0 Å². The molecular weight excluding hydrogens is 370 g/mol. The summed E-state index contributed by atoms with van der Waals surface area (Å²) < 4.78 is 10.9. The highest BCUT2D eigenvalue weighted by molar-refractivity contribution is 5.85. The van der Waals surface area contributed by atoms with Crippen LogP contribution in [0.5, 0.6) is 11.5 Å². The van der Waals surface area contributed by atoms with E-state index in [0.29, 0.717) is 12.3 Å². The normalized spacial score (nSPS) is 17.0. The molecule has 0 bridgehead atoms. The second-order valence-electron chi connectivity index (χ2n) is 6.19. The van der Waals surface area contributed by atoms with Gasteiger partial charge in [0.1, 0.15) is 11.5 Å². The zero-order chi connectivity index (χ0) is 18.5. The molecule has 3 rings (SSSR count). The van der Waals surface area contributed by atoms with Gasteiger partial charge in [-0.05, 0) is 12.1 Å². The first-order chi connectivity index (χ1) is 12.6. The third-order valence-electron chi connectivity index (χ3n) is 4.70. The molecule has 1 aliphatic rings. The number of para-hydroxylation sites is 1. The highest BCUT2D eigenvalue weighted by Crippen LogP contribution is 2.33. The fraction of sp³-hybridized carbons (Fsp3) is 0.368. The van der Waals surface area contributed by atoms with Crippen molar-refractivity contribution in [2.45, 2.75) is 12.6 Å². The van der Waals surface area contributed by atoms with Crippen molar-refractivity contribution in [1.82, 2.24) is 10.2 Å². The molecule has 146 valence electrons. The average molecular weight is 394 g/mol. The molecule has 0 radical (unpaired) electrons. The fourth-order valence-electron chi connectivity index (χ4n) is 3.40. The lowest BCUT2D eigenvalue weighted by Crippen LogP contribution is -2.45. The molecule has 1 unspecified atom stereocenters. The van der Waals surface area contributed by atoms with Crippen LogP contribution in [0.15, 0.2) is 42.5 Å². The lowest BCUT2D eigenvalue weighted by molar-refractivity contribution is -0.385. The van der Waals surface area contributed by atoms with Crippen molar-refractivity contribution in [2.75, 3.05) is 33.9 Å². The van der Waals surface area contributed by atoms with Gasteiger partial charge in [-0.1, -0.05) is 18.2 Å². The van der Waals surface area contributed by atoms with Gasteiger partial charge in [-0.3, -0.25) is 15.0 Å². The lowest BCUT2D eigenvalue weighted by Gasteiger charge is -2.37. The first-order valence-electron chi connectivity index (χ1n) is 8.53. The number of hydrogen-bond donors (Lipinski definition) is 1. The largest absolute Gasteiger partial charge is 0.496 e. The Morgan fingerprint density at radius 2 is 1.93 bits per heavy atom. The number of rotatable bonds is 6. The number of non-ortho nitro benzene ring substituents is 1. The average Bonchev–Trinajstić information content (AvgIpc) is 2.68. The Bertz CT molecular complexity index is 787. The summed E-state index contributed by atoms with van der Waals surface area (Å²) in [5.74, 6) is 1.50. The summed E-state index contributed by atoms with van der Waals surface area (Å²) in [6, 6.07) is 12.8. The van der Waals surface area contributed by atoms with Crippen LogP contribution < -0.4 is 14.8 Å². The molecule has 0 aliphatic carbocycles. The van der Waals surface area contributed by atoms with Crippen molar-refractivity contribution in [1.29, 1.82) is 0 Å². The molecule has 0 aromatic heterocycles. The number of ether oxygens (including phenoxy) is 2. The van der Waals surface area contributed by atoms with Crippen LogP contribution in [0.2, 0.25) is 0 Å². The highest BCUT2D eigenvalue weighted by atomic mass is 35.5. The van der Waals surface area contributed by atoms with E-state index in [4.69, 9.17) is 9.47 Å². The van der Waals surface area contributed by atoms with E-state index in [0.717, 1.165) is 36.5 Å². The summed E-state index contributed by atoms with van der Waals surface area (Å²) in [6.07, 6.45) is 0. The SMILES string of the molecule is COc1ccc([N+](=O)[O-])cc1CN1CCNCC1c1ccccc1OC.Cl. The molecule has 1 aliphatic heterocycles. The van der Waals surface area contributed by atoms with Crippen LogP contribution in [0.25, 0.3) is 0 Å². The Morgan fingerprint density at radius 1 is 1.19 bits per heavy atom. The molecule has 27 heavy (non-hydrogen) atoms. The van der Waals surface area contributed by atoms with Crippen molar-refractivity contribution in [3.05, 3.63) is 63.7 Å². The van der Waals surface area contributed by atoms with Crippen molar-refractivity contribution in [2.24, 2.45) is 0 Å². The van der Waals surface area contributed by atoms with Crippen molar-refractivity contribution < 1.29 is 14.4 Å². The maximum absolute atomic E-state index is 11.1. The second-order valence-corrected chi connectivity index (χ2v) is 6.19. The molecule has 7 nitrogen and oxygen atoms in total. The Hall–Kier alpha value is -2.35. The van der Waals surface area contributed by atoms with E-state index in [-0.39, 0.29) is 29.1 Å². The number of nitrogens with zero attached hydrogens (tertiary/aromatic N) is 2. The zero-order valence-corrected chi connectivity index (χ0v) is 16.2. The van der Waals surface area contributed by atoms with E-state index in [1.807, 2.05) is 18.2 Å². The number of piperazine rings is 1. The Balaban J connectivity index is 0.00000261. The molecule has 1 heterocycles. The summed E-state index contributed by atoms with van der Waals surface area (Å²) in [5.41, 5.74) is 1.99. The maximum Gasteiger partial charge on any atom is 0.270 e. The molecular formula is C19H24ClN3O4. The smallest absolute Gasteiger partial charge is 0.270 e. The van der Waals surface area contributed by atoms with Gasteiger partial charge in [0, 0.05) is 49.4 Å². The van der Waals surface area contributed by atoms with Crippen LogP contribution in [-0.2, 0) is 6.54 Å². The minimum atomic E-state index is -0.377. The lowest BCUT2D eigenvalue weighted by atomic mass is 10.0. The number of halogens is 1. The van der Waals surface area contributed by atoms with Gasteiger partial charge >= 0.3 is 0 Å². The summed E-state index contributed by atoms with van der Waals surface area (Å²) >= 11 is 0. The van der Waals surface area contributed by atoms with Crippen molar-refractivity contribution in [3.8, 4) is 11.5 Å². The molecule has 0 spiro atoms. The second kappa shape index (κ2) is 9.55. The summed E-state index contributed by atoms with van der Waals surface area (Å²) in [4.78, 5) is 13.1. The van der Waals surface area contributed by atoms with E-state index in [9.17, 15) is 10.1 Å². The van der Waals surface area contributed by atoms with Crippen LogP contribution in [0.1, 0.15) is 17.2 Å². The first kappa shape index (κ1) is 21.0. The number of nitro groups is 1. The maximum atomic E-state index is 11.1. The zero-order valence-electron chi connectivity index (χ0n) is 15.4. The van der Waals surface area contributed by atoms with Gasteiger partial charge < -0.3 is 14.8 Å². The summed E-state index contributed by atoms with van der Waals surface area (Å²) in [5, 5.41) is 14.6. The third kappa shape index (κ3) is 4.68. The fourth-order valence-corrected chi connectivity index (χ4v) is 3.40. The van der Waals surface area contributed by atoms with Crippen LogP contribution in [0, 0.1) is 10.1 Å². The van der Waals surface area contributed by atoms with Crippen LogP contribution in [0.4, 0.5) is 5.69 Å². The summed E-state index contributed by atoms with van der Waals surface area (Å²) in [7, 11) is 3.25. The molecule has 2 aromatic rings. The number of nitrogens with one attached hydrogen (secondary N) is 1. The number of hydrogen-bond acceptors (Lipinski definition) is 6. The molecule has 1 atom stereocenters. The van der Waals surface area contributed by atoms with Gasteiger partial charge in [-0.15, -0.1) is 12.4 Å². The number of benzene rings is 2. The predicted molar refractivity (Wildman–Crippen MR) is 106 cm³/mol. The molecule has 2 aromatic carbocycles.